The summed E-state index contributed by atoms with van der Waals surface area (Å²) in [6.45, 7) is 1.74. The summed E-state index contributed by atoms with van der Waals surface area (Å²) >= 11 is 0. The summed E-state index contributed by atoms with van der Waals surface area (Å²) in [5.41, 5.74) is 0. The van der Waals surface area contributed by atoms with Crippen LogP contribution in [-0.2, 0) is 4.79 Å². The summed E-state index contributed by atoms with van der Waals surface area (Å²) in [5, 5.41) is 0. The van der Waals surface area contributed by atoms with Crippen molar-refractivity contribution in [2.45, 2.75) is 13.3 Å². The van der Waals surface area contributed by atoms with Gasteiger partial charge in [0.05, 0.1) is 7.11 Å². The van der Waals surface area contributed by atoms with Gasteiger partial charge in [-0.15, -0.1) is 0 Å². The fraction of sp³-hybridized carbons (Fsp3) is 0.333. The third kappa shape index (κ3) is 2.74. The lowest BCUT2D eigenvalue weighted by molar-refractivity contribution is -0.134. The van der Waals surface area contributed by atoms with Crippen molar-refractivity contribution in [3.63, 3.8) is 0 Å². The first-order chi connectivity index (χ1) is 6.26. The van der Waals surface area contributed by atoms with Gasteiger partial charge in [0.25, 0.3) is 0 Å². The first kappa shape index (κ1) is 9.51. The van der Waals surface area contributed by atoms with Gasteiger partial charge in [0, 0.05) is 18.7 Å². The van der Waals surface area contributed by atoms with E-state index in [0.29, 0.717) is 18.1 Å². The Bertz CT molecular complexity index is 299. The molecule has 0 aliphatic heterocycles. The van der Waals surface area contributed by atoms with E-state index in [-0.39, 0.29) is 5.97 Å². The van der Waals surface area contributed by atoms with Crippen molar-refractivity contribution in [1.82, 2.24) is 4.98 Å². The largest absolute Gasteiger partial charge is 0.481 e. The molecule has 1 aromatic heterocycles. The summed E-state index contributed by atoms with van der Waals surface area (Å²) in [4.78, 5) is 14.8. The molecule has 0 spiro atoms. The molecule has 0 N–H and O–H groups in total. The zero-order valence-electron chi connectivity index (χ0n) is 7.61. The van der Waals surface area contributed by atoms with Gasteiger partial charge in [0.15, 0.2) is 0 Å². The van der Waals surface area contributed by atoms with Gasteiger partial charge in [0.1, 0.15) is 5.75 Å². The molecule has 0 fully saturated rings. The number of hydrogen-bond donors (Lipinski definition) is 0. The second-order valence-corrected chi connectivity index (χ2v) is 2.36. The van der Waals surface area contributed by atoms with Gasteiger partial charge in [-0.25, -0.2) is 4.98 Å². The van der Waals surface area contributed by atoms with E-state index in [9.17, 15) is 4.79 Å². The van der Waals surface area contributed by atoms with Crippen molar-refractivity contribution < 1.29 is 14.3 Å². The van der Waals surface area contributed by atoms with Crippen LogP contribution in [0.5, 0.6) is 11.6 Å². The highest BCUT2D eigenvalue weighted by Gasteiger charge is 2.02. The van der Waals surface area contributed by atoms with Crippen LogP contribution in [0.4, 0.5) is 0 Å². The molecule has 0 unspecified atom stereocenters. The maximum Gasteiger partial charge on any atom is 0.310 e. The topological polar surface area (TPSA) is 48.4 Å². The summed E-state index contributed by atoms with van der Waals surface area (Å²) in [5.74, 6) is 0.619. The van der Waals surface area contributed by atoms with Crippen LogP contribution >= 0.6 is 0 Å². The molecule has 0 saturated heterocycles. The summed E-state index contributed by atoms with van der Waals surface area (Å²) in [6.07, 6.45) is 1.88. The van der Waals surface area contributed by atoms with E-state index in [2.05, 4.69) is 4.98 Å². The molecule has 0 saturated carbocycles. The average molecular weight is 181 g/mol. The molecular weight excluding hydrogens is 170 g/mol. The highest BCUT2D eigenvalue weighted by molar-refractivity contribution is 5.71. The Morgan fingerprint density at radius 1 is 1.62 bits per heavy atom. The molecule has 1 rings (SSSR count). The van der Waals surface area contributed by atoms with Crippen LogP contribution < -0.4 is 9.47 Å². The van der Waals surface area contributed by atoms with Gasteiger partial charge < -0.3 is 9.47 Å². The molecule has 0 radical (unpaired) electrons. The molecule has 4 nitrogen and oxygen atoms in total. The smallest absolute Gasteiger partial charge is 0.310 e. The predicted octanol–water partition coefficient (Wildman–Crippen LogP) is 1.41. The van der Waals surface area contributed by atoms with E-state index in [4.69, 9.17) is 9.47 Å². The first-order valence-electron chi connectivity index (χ1n) is 3.97. The summed E-state index contributed by atoms with van der Waals surface area (Å²) in [7, 11) is 1.51. The lowest BCUT2D eigenvalue weighted by atomic mass is 10.4. The number of pyridine rings is 1. The monoisotopic (exact) mass is 181 g/mol. The average Bonchev–Trinajstić information content (AvgIpc) is 2.18. The Kier molecular flexibility index (Phi) is 3.25. The maximum absolute atomic E-state index is 10.9. The third-order valence-corrected chi connectivity index (χ3v) is 1.44. The lowest BCUT2D eigenvalue weighted by Crippen LogP contribution is -2.05. The van der Waals surface area contributed by atoms with Crippen molar-refractivity contribution in [2.75, 3.05) is 7.11 Å². The Hall–Kier alpha value is -1.58. The third-order valence-electron chi connectivity index (χ3n) is 1.44. The normalized spacial score (nSPS) is 9.38. The van der Waals surface area contributed by atoms with Crippen LogP contribution in [0.15, 0.2) is 18.3 Å². The van der Waals surface area contributed by atoms with Gasteiger partial charge in [0.2, 0.25) is 5.88 Å². The van der Waals surface area contributed by atoms with Crippen molar-refractivity contribution in [3.8, 4) is 11.6 Å². The van der Waals surface area contributed by atoms with E-state index < -0.39 is 0 Å². The number of aromatic nitrogens is 1. The SMILES string of the molecule is CCC(=O)Oc1ccnc(OC)c1. The van der Waals surface area contributed by atoms with Gasteiger partial charge in [-0.3, -0.25) is 4.79 Å². The van der Waals surface area contributed by atoms with E-state index >= 15 is 0 Å². The van der Waals surface area contributed by atoms with Crippen LogP contribution in [0.2, 0.25) is 0 Å². The molecule has 0 aromatic carbocycles. The number of rotatable bonds is 3. The van der Waals surface area contributed by atoms with Crippen molar-refractivity contribution in [3.05, 3.63) is 18.3 Å². The minimum atomic E-state index is -0.270. The van der Waals surface area contributed by atoms with E-state index in [0.717, 1.165) is 0 Å². The van der Waals surface area contributed by atoms with E-state index in [1.807, 2.05) is 0 Å². The number of carbonyl (C=O) groups excluding carboxylic acids is 1. The number of hydrogen-bond acceptors (Lipinski definition) is 4. The van der Waals surface area contributed by atoms with Gasteiger partial charge in [-0.2, -0.15) is 0 Å². The number of esters is 1. The quantitative estimate of drug-likeness (QED) is 0.661. The second-order valence-electron chi connectivity index (χ2n) is 2.36. The minimum Gasteiger partial charge on any atom is -0.481 e. The maximum atomic E-state index is 10.9. The zero-order valence-corrected chi connectivity index (χ0v) is 7.61. The molecule has 1 heterocycles. The van der Waals surface area contributed by atoms with E-state index in [1.54, 1.807) is 19.1 Å². The van der Waals surface area contributed by atoms with Crippen LogP contribution in [-0.4, -0.2) is 18.1 Å². The minimum absolute atomic E-state index is 0.270. The predicted molar refractivity (Wildman–Crippen MR) is 46.7 cm³/mol. The standard InChI is InChI=1S/C9H11NO3/c1-3-9(11)13-7-4-5-10-8(6-7)12-2/h4-6H,3H2,1-2H3. The fourth-order valence-electron chi connectivity index (χ4n) is 0.770. The Labute approximate surface area is 76.5 Å². The molecule has 0 bridgehead atoms. The van der Waals surface area contributed by atoms with Crippen molar-refractivity contribution in [2.24, 2.45) is 0 Å². The van der Waals surface area contributed by atoms with Gasteiger partial charge >= 0.3 is 5.97 Å². The molecule has 13 heavy (non-hydrogen) atoms. The summed E-state index contributed by atoms with van der Waals surface area (Å²) in [6, 6.07) is 3.17. The van der Waals surface area contributed by atoms with Gasteiger partial charge in [-0.05, 0) is 6.07 Å². The number of carbonyl (C=O) groups is 1. The lowest BCUT2D eigenvalue weighted by Gasteiger charge is -2.03. The number of methoxy groups -OCH3 is 1. The van der Waals surface area contributed by atoms with Crippen LogP contribution in [0, 0.1) is 0 Å². The highest BCUT2D eigenvalue weighted by Crippen LogP contribution is 2.15. The van der Waals surface area contributed by atoms with Crippen molar-refractivity contribution in [1.29, 1.82) is 0 Å². The summed E-state index contributed by atoms with van der Waals surface area (Å²) < 4.78 is 9.81. The Morgan fingerprint density at radius 2 is 2.38 bits per heavy atom. The molecule has 4 heteroatoms. The molecule has 1 aromatic rings. The van der Waals surface area contributed by atoms with Crippen molar-refractivity contribution >= 4 is 5.97 Å². The Balaban J connectivity index is 2.71. The first-order valence-corrected chi connectivity index (χ1v) is 3.97. The second kappa shape index (κ2) is 4.45. The van der Waals surface area contributed by atoms with Crippen LogP contribution in [0.3, 0.4) is 0 Å². The molecule has 0 aliphatic carbocycles. The molecule has 70 valence electrons. The number of nitrogens with zero attached hydrogens (tertiary/aromatic N) is 1. The zero-order chi connectivity index (χ0) is 9.68. The van der Waals surface area contributed by atoms with Gasteiger partial charge in [-0.1, -0.05) is 6.92 Å². The highest BCUT2D eigenvalue weighted by atomic mass is 16.5. The van der Waals surface area contributed by atoms with E-state index in [1.165, 1.54) is 13.3 Å². The van der Waals surface area contributed by atoms with Crippen LogP contribution in [0.25, 0.3) is 0 Å². The number of ether oxygens (including phenoxy) is 2. The van der Waals surface area contributed by atoms with Crippen LogP contribution in [0.1, 0.15) is 13.3 Å². The molecule has 0 atom stereocenters. The molecule has 0 amide bonds. The fourth-order valence-corrected chi connectivity index (χ4v) is 0.770. The molecule has 0 aliphatic rings. The molecular formula is C9H11NO3. The Morgan fingerprint density at radius 3 is 3.00 bits per heavy atom.